The fraction of sp³-hybridized carbons (Fsp3) is 0.500. The van der Waals surface area contributed by atoms with E-state index >= 15 is 0 Å². The fourth-order valence-electron chi connectivity index (χ4n) is 1.93. The summed E-state index contributed by atoms with van der Waals surface area (Å²) in [5.74, 6) is -1.09. The Morgan fingerprint density at radius 1 is 1.48 bits per heavy atom. The first-order valence-electron chi connectivity index (χ1n) is 5.93. The standard InChI is InChI=1S/C12H13BrCl2O5S/c1-21(16,17)19-6-9-5-18-12(7-13,20-9)10-3-2-8(14)4-11(10)15/h2-4,9H,5-7H2,1H3/t9-,12+/m0/s1. The Morgan fingerprint density at radius 3 is 2.76 bits per heavy atom. The van der Waals surface area contributed by atoms with Crippen molar-refractivity contribution in [2.45, 2.75) is 11.9 Å². The van der Waals surface area contributed by atoms with Crippen LogP contribution >= 0.6 is 39.1 Å². The summed E-state index contributed by atoms with van der Waals surface area (Å²) in [6.07, 6.45) is 0.473. The smallest absolute Gasteiger partial charge is 0.264 e. The third kappa shape index (κ3) is 4.31. The molecular weight excluding hydrogens is 407 g/mol. The van der Waals surface area contributed by atoms with Gasteiger partial charge in [0.15, 0.2) is 0 Å². The summed E-state index contributed by atoms with van der Waals surface area (Å²) in [5, 5.41) is 1.24. The van der Waals surface area contributed by atoms with Crippen molar-refractivity contribution in [2.75, 3.05) is 24.8 Å². The van der Waals surface area contributed by atoms with Crippen molar-refractivity contribution in [2.24, 2.45) is 0 Å². The number of halogens is 3. The molecule has 0 aliphatic carbocycles. The van der Waals surface area contributed by atoms with Crippen molar-refractivity contribution in [3.8, 4) is 0 Å². The molecule has 21 heavy (non-hydrogen) atoms. The summed E-state index contributed by atoms with van der Waals surface area (Å²) in [7, 11) is -3.52. The minimum atomic E-state index is -3.52. The van der Waals surface area contributed by atoms with Crippen molar-refractivity contribution >= 4 is 49.2 Å². The molecule has 1 aromatic carbocycles. The maximum atomic E-state index is 11.0. The number of ether oxygens (including phenoxy) is 2. The topological polar surface area (TPSA) is 61.8 Å². The molecule has 2 rings (SSSR count). The lowest BCUT2D eigenvalue weighted by atomic mass is 10.1. The molecule has 1 fully saturated rings. The quantitative estimate of drug-likeness (QED) is 0.542. The van der Waals surface area contributed by atoms with Crippen LogP contribution in [0.5, 0.6) is 0 Å². The summed E-state index contributed by atoms with van der Waals surface area (Å²) in [4.78, 5) is 0. The van der Waals surface area contributed by atoms with E-state index in [0.717, 1.165) is 6.26 Å². The zero-order valence-electron chi connectivity index (χ0n) is 11.0. The summed E-state index contributed by atoms with van der Waals surface area (Å²) in [5.41, 5.74) is 0.618. The zero-order chi connectivity index (χ0) is 15.7. The molecule has 118 valence electrons. The highest BCUT2D eigenvalue weighted by Gasteiger charge is 2.44. The SMILES string of the molecule is CS(=O)(=O)OC[C@@H]1CO[C@@](CBr)(c2ccc(Cl)cc2Cl)O1. The minimum absolute atomic E-state index is 0.112. The van der Waals surface area contributed by atoms with Crippen molar-refractivity contribution in [1.29, 1.82) is 0 Å². The van der Waals surface area contributed by atoms with Crippen LogP contribution in [0, 0.1) is 0 Å². The Bertz CT molecular complexity index is 624. The van der Waals surface area contributed by atoms with Gasteiger partial charge in [0.05, 0.1) is 29.8 Å². The molecule has 0 amide bonds. The van der Waals surface area contributed by atoms with E-state index in [1.54, 1.807) is 18.2 Å². The van der Waals surface area contributed by atoms with Crippen molar-refractivity contribution < 1.29 is 22.1 Å². The van der Waals surface area contributed by atoms with Gasteiger partial charge in [0, 0.05) is 10.6 Å². The van der Waals surface area contributed by atoms with Crippen LogP contribution in [0.2, 0.25) is 10.0 Å². The Labute approximate surface area is 141 Å². The molecule has 0 N–H and O–H groups in total. The Kier molecular flexibility index (Phi) is 5.57. The third-order valence-electron chi connectivity index (χ3n) is 2.84. The predicted octanol–water partition coefficient (Wildman–Crippen LogP) is 2.93. The maximum absolute atomic E-state index is 11.0. The molecule has 1 heterocycles. The second-order valence-electron chi connectivity index (χ2n) is 4.55. The van der Waals surface area contributed by atoms with Gasteiger partial charge < -0.3 is 9.47 Å². The van der Waals surface area contributed by atoms with Crippen molar-refractivity contribution in [3.05, 3.63) is 33.8 Å². The molecule has 1 saturated heterocycles. The van der Waals surface area contributed by atoms with Gasteiger partial charge in [-0.15, -0.1) is 0 Å². The Balaban J connectivity index is 2.17. The molecule has 0 radical (unpaired) electrons. The Hall–Kier alpha value is 0.110. The van der Waals surface area contributed by atoms with Gasteiger partial charge in [0.1, 0.15) is 6.10 Å². The van der Waals surface area contributed by atoms with E-state index in [0.29, 0.717) is 20.9 Å². The van der Waals surface area contributed by atoms with E-state index in [9.17, 15) is 8.42 Å². The number of rotatable bonds is 5. The average molecular weight is 420 g/mol. The van der Waals surface area contributed by atoms with E-state index in [1.807, 2.05) is 0 Å². The van der Waals surface area contributed by atoms with E-state index in [-0.39, 0.29) is 13.2 Å². The lowest BCUT2D eigenvalue weighted by molar-refractivity contribution is -0.159. The molecular formula is C12H13BrCl2O5S. The first-order chi connectivity index (χ1) is 9.76. The van der Waals surface area contributed by atoms with Crippen LogP contribution in [0.3, 0.4) is 0 Å². The van der Waals surface area contributed by atoms with Crippen LogP contribution in [-0.4, -0.2) is 39.3 Å². The van der Waals surface area contributed by atoms with Crippen LogP contribution in [-0.2, 0) is 29.6 Å². The van der Waals surface area contributed by atoms with Gasteiger partial charge in [-0.25, -0.2) is 0 Å². The molecule has 0 unspecified atom stereocenters. The largest absolute Gasteiger partial charge is 0.342 e. The van der Waals surface area contributed by atoms with Crippen LogP contribution in [0.1, 0.15) is 5.56 Å². The van der Waals surface area contributed by atoms with Crippen LogP contribution in [0.4, 0.5) is 0 Å². The summed E-state index contributed by atoms with van der Waals surface area (Å²) >= 11 is 15.4. The maximum Gasteiger partial charge on any atom is 0.264 e. The number of benzene rings is 1. The van der Waals surface area contributed by atoms with Crippen LogP contribution in [0.15, 0.2) is 18.2 Å². The van der Waals surface area contributed by atoms with E-state index < -0.39 is 22.0 Å². The van der Waals surface area contributed by atoms with Crippen LogP contribution < -0.4 is 0 Å². The van der Waals surface area contributed by atoms with Gasteiger partial charge in [0.2, 0.25) is 5.79 Å². The van der Waals surface area contributed by atoms with Gasteiger partial charge in [-0.3, -0.25) is 4.18 Å². The predicted molar refractivity (Wildman–Crippen MR) is 83.6 cm³/mol. The van der Waals surface area contributed by atoms with Gasteiger partial charge >= 0.3 is 0 Å². The normalized spacial score (nSPS) is 26.2. The molecule has 0 aromatic heterocycles. The first-order valence-corrected chi connectivity index (χ1v) is 9.63. The highest BCUT2D eigenvalue weighted by Crippen LogP contribution is 2.40. The summed E-state index contributed by atoms with van der Waals surface area (Å²) in [6, 6.07) is 4.99. The number of alkyl halides is 1. The van der Waals surface area contributed by atoms with Gasteiger partial charge in [-0.1, -0.05) is 45.2 Å². The molecule has 9 heteroatoms. The van der Waals surface area contributed by atoms with Crippen molar-refractivity contribution in [1.82, 2.24) is 0 Å². The monoisotopic (exact) mass is 418 g/mol. The van der Waals surface area contributed by atoms with Gasteiger partial charge in [-0.2, -0.15) is 8.42 Å². The molecule has 5 nitrogen and oxygen atoms in total. The van der Waals surface area contributed by atoms with E-state index in [4.69, 9.17) is 36.9 Å². The highest BCUT2D eigenvalue weighted by molar-refractivity contribution is 9.09. The minimum Gasteiger partial charge on any atom is -0.342 e. The third-order valence-corrected chi connectivity index (χ3v) is 4.70. The second-order valence-corrected chi connectivity index (χ2v) is 7.60. The lowest BCUT2D eigenvalue weighted by Crippen LogP contribution is -2.31. The van der Waals surface area contributed by atoms with E-state index in [2.05, 4.69) is 15.9 Å². The average Bonchev–Trinajstić information content (AvgIpc) is 2.80. The Morgan fingerprint density at radius 2 is 2.19 bits per heavy atom. The molecule has 1 aliphatic heterocycles. The van der Waals surface area contributed by atoms with E-state index in [1.165, 1.54) is 0 Å². The fourth-order valence-corrected chi connectivity index (χ4v) is 3.48. The van der Waals surface area contributed by atoms with Crippen molar-refractivity contribution in [3.63, 3.8) is 0 Å². The summed E-state index contributed by atoms with van der Waals surface area (Å²) in [6.45, 7) is 0.0822. The molecule has 0 saturated carbocycles. The molecule has 1 aliphatic rings. The number of hydrogen-bond donors (Lipinski definition) is 0. The number of hydrogen-bond acceptors (Lipinski definition) is 5. The molecule has 0 bridgehead atoms. The zero-order valence-corrected chi connectivity index (χ0v) is 14.9. The lowest BCUT2D eigenvalue weighted by Gasteiger charge is -2.27. The molecule has 1 aromatic rings. The van der Waals surface area contributed by atoms with Gasteiger partial charge in [-0.05, 0) is 12.1 Å². The highest BCUT2D eigenvalue weighted by atomic mass is 79.9. The van der Waals surface area contributed by atoms with Gasteiger partial charge in [0.25, 0.3) is 10.1 Å². The molecule has 2 atom stereocenters. The second kappa shape index (κ2) is 6.70. The van der Waals surface area contributed by atoms with Crippen LogP contribution in [0.25, 0.3) is 0 Å². The molecule has 0 spiro atoms. The first kappa shape index (κ1) is 17.5. The summed E-state index contributed by atoms with van der Waals surface area (Å²) < 4.78 is 38.3.